The van der Waals surface area contributed by atoms with E-state index in [-0.39, 0.29) is 12.0 Å². The second-order valence-electron chi connectivity index (χ2n) is 7.19. The molecule has 0 bridgehead atoms. The van der Waals surface area contributed by atoms with Crippen molar-refractivity contribution in [2.45, 2.75) is 44.4 Å². The average molecular weight is 403 g/mol. The molecule has 5 nitrogen and oxygen atoms in total. The molecule has 1 aliphatic carbocycles. The standard InChI is InChI=1S/C21H20F3N3O2/c22-21(23,24)16-6-8-19(27-12-16)29-17-7-3-13(9-17)1-4-15-5-2-14(11-25)10-18(15)20(26)28/h2,5-6,8,10,12-13,17H,1,3-4,7,9H2,(H2,26,28)/t13?,17-/m0/s1. The number of carbonyl (C=O) groups is 1. The Bertz CT molecular complexity index is 920. The van der Waals surface area contributed by atoms with Crippen LogP contribution >= 0.6 is 0 Å². The van der Waals surface area contributed by atoms with Crippen molar-refractivity contribution in [3.8, 4) is 11.9 Å². The van der Waals surface area contributed by atoms with Gasteiger partial charge >= 0.3 is 6.18 Å². The number of hydrogen-bond donors (Lipinski definition) is 1. The van der Waals surface area contributed by atoms with Crippen LogP contribution < -0.4 is 10.5 Å². The molecule has 152 valence electrons. The predicted octanol–water partition coefficient (Wildman–Crippen LogP) is 4.25. The minimum absolute atomic E-state index is 0.0965. The molecule has 1 aromatic heterocycles. The number of nitriles is 1. The van der Waals surface area contributed by atoms with Crippen LogP contribution in [0, 0.1) is 17.2 Å². The number of aromatic nitrogens is 1. The summed E-state index contributed by atoms with van der Waals surface area (Å²) >= 11 is 0. The van der Waals surface area contributed by atoms with E-state index in [2.05, 4.69) is 4.98 Å². The fraction of sp³-hybridized carbons (Fsp3) is 0.381. The van der Waals surface area contributed by atoms with Gasteiger partial charge < -0.3 is 10.5 Å². The van der Waals surface area contributed by atoms with Gasteiger partial charge in [0.05, 0.1) is 17.2 Å². The van der Waals surface area contributed by atoms with Gasteiger partial charge in [0.1, 0.15) is 6.10 Å². The summed E-state index contributed by atoms with van der Waals surface area (Å²) in [4.78, 5) is 15.4. The molecule has 1 saturated carbocycles. The van der Waals surface area contributed by atoms with E-state index in [0.29, 0.717) is 23.5 Å². The molecule has 0 radical (unpaired) electrons. The summed E-state index contributed by atoms with van der Waals surface area (Å²) in [6, 6.07) is 9.13. The third-order valence-electron chi connectivity index (χ3n) is 5.17. The fourth-order valence-corrected chi connectivity index (χ4v) is 3.64. The van der Waals surface area contributed by atoms with Crippen molar-refractivity contribution in [1.82, 2.24) is 4.98 Å². The van der Waals surface area contributed by atoms with Crippen LogP contribution in [0.15, 0.2) is 36.5 Å². The number of halogens is 3. The van der Waals surface area contributed by atoms with Crippen molar-refractivity contribution in [2.75, 3.05) is 0 Å². The Hall–Kier alpha value is -3.08. The summed E-state index contributed by atoms with van der Waals surface area (Å²) in [5.74, 6) is -0.00400. The monoisotopic (exact) mass is 403 g/mol. The normalized spacial score (nSPS) is 19.0. The lowest BCUT2D eigenvalue weighted by atomic mass is 9.94. The van der Waals surface area contributed by atoms with Gasteiger partial charge in [-0.05, 0) is 61.8 Å². The first kappa shape index (κ1) is 20.6. The zero-order valence-electron chi connectivity index (χ0n) is 15.6. The van der Waals surface area contributed by atoms with E-state index >= 15 is 0 Å². The molecule has 1 aromatic carbocycles. The number of rotatable bonds is 6. The lowest BCUT2D eigenvalue weighted by Crippen LogP contribution is -2.15. The molecular formula is C21H20F3N3O2. The van der Waals surface area contributed by atoms with Crippen LogP contribution in [-0.2, 0) is 12.6 Å². The van der Waals surface area contributed by atoms with Crippen LogP contribution in [0.3, 0.4) is 0 Å². The number of primary amides is 1. The largest absolute Gasteiger partial charge is 0.474 e. The summed E-state index contributed by atoms with van der Waals surface area (Å²) in [6.07, 6.45) is 0.228. The van der Waals surface area contributed by atoms with E-state index in [0.717, 1.165) is 43.5 Å². The fourth-order valence-electron chi connectivity index (χ4n) is 3.64. The zero-order valence-corrected chi connectivity index (χ0v) is 15.6. The summed E-state index contributed by atoms with van der Waals surface area (Å²) in [7, 11) is 0. The molecule has 2 N–H and O–H groups in total. The highest BCUT2D eigenvalue weighted by atomic mass is 19.4. The summed E-state index contributed by atoms with van der Waals surface area (Å²) < 4.78 is 43.5. The molecule has 1 fully saturated rings. The highest BCUT2D eigenvalue weighted by Gasteiger charge is 2.31. The number of amides is 1. The predicted molar refractivity (Wildman–Crippen MR) is 99.0 cm³/mol. The molecule has 0 saturated heterocycles. The number of aryl methyl sites for hydroxylation is 1. The van der Waals surface area contributed by atoms with Gasteiger partial charge in [0.15, 0.2) is 0 Å². The SMILES string of the molecule is N#Cc1ccc(CCC2CC[C@H](Oc3ccc(C(F)(F)F)cn3)C2)c(C(N)=O)c1. The Morgan fingerprint density at radius 3 is 2.69 bits per heavy atom. The van der Waals surface area contributed by atoms with Crippen LogP contribution in [0.1, 0.15) is 52.7 Å². The highest BCUT2D eigenvalue weighted by Crippen LogP contribution is 2.33. The first-order chi connectivity index (χ1) is 13.8. The van der Waals surface area contributed by atoms with E-state index in [1.807, 2.05) is 6.07 Å². The molecule has 1 heterocycles. The van der Waals surface area contributed by atoms with Gasteiger partial charge in [-0.15, -0.1) is 0 Å². The minimum atomic E-state index is -4.42. The summed E-state index contributed by atoms with van der Waals surface area (Å²) in [5.41, 5.74) is 6.18. The van der Waals surface area contributed by atoms with Crippen LogP contribution in [0.25, 0.3) is 0 Å². The maximum atomic E-state index is 12.6. The van der Waals surface area contributed by atoms with Crippen LogP contribution in [0.4, 0.5) is 13.2 Å². The molecule has 2 aromatic rings. The highest BCUT2D eigenvalue weighted by molar-refractivity contribution is 5.94. The van der Waals surface area contributed by atoms with E-state index in [9.17, 15) is 18.0 Å². The number of pyridine rings is 1. The maximum Gasteiger partial charge on any atom is 0.417 e. The van der Waals surface area contributed by atoms with Gasteiger partial charge in [0.2, 0.25) is 11.8 Å². The third-order valence-corrected chi connectivity index (χ3v) is 5.17. The number of nitrogens with zero attached hydrogens (tertiary/aromatic N) is 2. The molecule has 29 heavy (non-hydrogen) atoms. The van der Waals surface area contributed by atoms with Gasteiger partial charge in [0.25, 0.3) is 0 Å². The van der Waals surface area contributed by atoms with Crippen LogP contribution in [0.2, 0.25) is 0 Å². The van der Waals surface area contributed by atoms with Gasteiger partial charge in [-0.3, -0.25) is 4.79 Å². The Kier molecular flexibility index (Phi) is 6.06. The van der Waals surface area contributed by atoms with Gasteiger partial charge in [0, 0.05) is 17.8 Å². The smallest absolute Gasteiger partial charge is 0.417 e. The van der Waals surface area contributed by atoms with Crippen molar-refractivity contribution in [3.63, 3.8) is 0 Å². The van der Waals surface area contributed by atoms with Gasteiger partial charge in [-0.2, -0.15) is 18.4 Å². The topological polar surface area (TPSA) is 89.0 Å². The molecule has 1 amide bonds. The Labute approximate surface area is 166 Å². The van der Waals surface area contributed by atoms with Gasteiger partial charge in [-0.1, -0.05) is 6.07 Å². The average Bonchev–Trinajstić information content (AvgIpc) is 3.13. The Morgan fingerprint density at radius 1 is 1.28 bits per heavy atom. The molecule has 1 unspecified atom stereocenters. The number of nitrogens with two attached hydrogens (primary N) is 1. The van der Waals surface area contributed by atoms with Crippen LogP contribution in [-0.4, -0.2) is 17.0 Å². The third kappa shape index (κ3) is 5.25. The number of hydrogen-bond acceptors (Lipinski definition) is 4. The van der Waals surface area contributed by atoms with Crippen LogP contribution in [0.5, 0.6) is 5.88 Å². The molecule has 0 aliphatic heterocycles. The van der Waals surface area contributed by atoms with E-state index < -0.39 is 17.6 Å². The molecule has 3 rings (SSSR count). The lowest BCUT2D eigenvalue weighted by Gasteiger charge is -2.15. The van der Waals surface area contributed by atoms with Crippen molar-refractivity contribution >= 4 is 5.91 Å². The van der Waals surface area contributed by atoms with E-state index in [1.165, 1.54) is 12.1 Å². The summed E-state index contributed by atoms with van der Waals surface area (Å²) in [6.45, 7) is 0. The maximum absolute atomic E-state index is 12.6. The Balaban J connectivity index is 1.54. The zero-order chi connectivity index (χ0) is 21.0. The lowest BCUT2D eigenvalue weighted by molar-refractivity contribution is -0.137. The molecule has 2 atom stereocenters. The van der Waals surface area contributed by atoms with Crippen molar-refractivity contribution in [3.05, 3.63) is 58.8 Å². The number of benzene rings is 1. The van der Waals surface area contributed by atoms with Crippen molar-refractivity contribution in [2.24, 2.45) is 11.7 Å². The second-order valence-corrected chi connectivity index (χ2v) is 7.19. The molecule has 0 spiro atoms. The number of alkyl halides is 3. The van der Waals surface area contributed by atoms with Crippen molar-refractivity contribution < 1.29 is 22.7 Å². The number of ether oxygens (including phenoxy) is 1. The molecule has 1 aliphatic rings. The summed E-state index contributed by atoms with van der Waals surface area (Å²) in [5, 5.41) is 8.97. The van der Waals surface area contributed by atoms with E-state index in [4.69, 9.17) is 15.7 Å². The molecule has 8 heteroatoms. The van der Waals surface area contributed by atoms with Crippen molar-refractivity contribution in [1.29, 1.82) is 5.26 Å². The van der Waals surface area contributed by atoms with Gasteiger partial charge in [-0.25, -0.2) is 4.98 Å². The first-order valence-electron chi connectivity index (χ1n) is 9.29. The second kappa shape index (κ2) is 8.52. The quantitative estimate of drug-likeness (QED) is 0.781. The minimum Gasteiger partial charge on any atom is -0.474 e. The molecular weight excluding hydrogens is 383 g/mol. The first-order valence-corrected chi connectivity index (χ1v) is 9.29. The Morgan fingerprint density at radius 2 is 2.07 bits per heavy atom. The van der Waals surface area contributed by atoms with E-state index in [1.54, 1.807) is 12.1 Å². The number of carbonyl (C=O) groups excluding carboxylic acids is 1.